The normalized spacial score (nSPS) is 15.1. The van der Waals surface area contributed by atoms with Crippen molar-refractivity contribution in [3.05, 3.63) is 18.4 Å². The lowest BCUT2D eigenvalue weighted by Gasteiger charge is -2.22. The number of aromatic nitrogens is 1. The fourth-order valence-electron chi connectivity index (χ4n) is 1.19. The average Bonchev–Trinajstić information content (AvgIpc) is 2.67. The highest BCUT2D eigenvalue weighted by Gasteiger charge is 2.19. The minimum absolute atomic E-state index is 0.497. The molecule has 2 N–H and O–H groups in total. The molecule has 5 nitrogen and oxygen atoms in total. The molecule has 5 heteroatoms. The summed E-state index contributed by atoms with van der Waals surface area (Å²) < 4.78 is 9.96. The van der Waals surface area contributed by atoms with Gasteiger partial charge in [0.2, 0.25) is 0 Å². The van der Waals surface area contributed by atoms with Crippen molar-refractivity contribution in [2.45, 2.75) is 25.5 Å². The quantitative estimate of drug-likeness (QED) is 0.694. The molecule has 0 amide bonds. The van der Waals surface area contributed by atoms with E-state index in [4.69, 9.17) is 9.15 Å². The van der Waals surface area contributed by atoms with Gasteiger partial charge < -0.3 is 19.6 Å². The van der Waals surface area contributed by atoms with Crippen LogP contribution in [0.25, 0.3) is 0 Å². The van der Waals surface area contributed by atoms with E-state index in [0.717, 1.165) is 5.76 Å². The molecule has 1 aromatic rings. The second-order valence-corrected chi connectivity index (χ2v) is 3.81. The first-order valence-corrected chi connectivity index (χ1v) is 4.93. The molecule has 0 spiro atoms. The maximum absolute atomic E-state index is 9.89. The predicted molar refractivity (Wildman–Crippen MR) is 55.3 cm³/mol. The van der Waals surface area contributed by atoms with Crippen LogP contribution in [0.3, 0.4) is 0 Å². The van der Waals surface area contributed by atoms with Gasteiger partial charge in [0.05, 0.1) is 18.3 Å². The second kappa shape index (κ2) is 5.85. The van der Waals surface area contributed by atoms with Crippen molar-refractivity contribution in [1.82, 2.24) is 10.3 Å². The molecule has 0 saturated carbocycles. The minimum atomic E-state index is -0.754. The van der Waals surface area contributed by atoms with E-state index in [0.29, 0.717) is 26.1 Å². The number of hydrogen-bond donors (Lipinski definition) is 2. The minimum Gasteiger partial charge on any atom is -0.447 e. The Morgan fingerprint density at radius 1 is 1.67 bits per heavy atom. The van der Waals surface area contributed by atoms with Crippen LogP contribution in [-0.2, 0) is 11.3 Å². The molecule has 1 aromatic heterocycles. The van der Waals surface area contributed by atoms with Crippen LogP contribution in [0.1, 0.15) is 19.1 Å². The van der Waals surface area contributed by atoms with Gasteiger partial charge in [-0.15, -0.1) is 0 Å². The summed E-state index contributed by atoms with van der Waals surface area (Å²) in [4.78, 5) is 3.80. The number of aliphatic hydroxyl groups is 1. The van der Waals surface area contributed by atoms with Gasteiger partial charge >= 0.3 is 0 Å². The SMILES string of the molecule is COCCC(C)(O)CNCc1cnco1. The molecule has 0 aromatic carbocycles. The average molecular weight is 214 g/mol. The van der Waals surface area contributed by atoms with Crippen molar-refractivity contribution in [3.63, 3.8) is 0 Å². The first-order valence-electron chi connectivity index (χ1n) is 4.93. The van der Waals surface area contributed by atoms with Gasteiger partial charge in [-0.05, 0) is 6.92 Å². The van der Waals surface area contributed by atoms with Gasteiger partial charge in [-0.25, -0.2) is 4.98 Å². The number of oxazole rings is 1. The topological polar surface area (TPSA) is 67.5 Å². The van der Waals surface area contributed by atoms with Gasteiger partial charge in [0.25, 0.3) is 0 Å². The van der Waals surface area contributed by atoms with E-state index in [2.05, 4.69) is 10.3 Å². The number of nitrogens with zero attached hydrogens (tertiary/aromatic N) is 1. The molecule has 1 heterocycles. The highest BCUT2D eigenvalue weighted by molar-refractivity contribution is 4.88. The van der Waals surface area contributed by atoms with Crippen LogP contribution in [0.2, 0.25) is 0 Å². The van der Waals surface area contributed by atoms with E-state index < -0.39 is 5.60 Å². The van der Waals surface area contributed by atoms with E-state index >= 15 is 0 Å². The summed E-state index contributed by atoms with van der Waals surface area (Å²) in [7, 11) is 1.62. The molecular formula is C10H18N2O3. The standard InChI is InChI=1S/C10H18N2O3/c1-10(13,3-4-14-2)7-11-5-9-6-12-8-15-9/h6,8,11,13H,3-5,7H2,1-2H3. The first kappa shape index (κ1) is 12.2. The zero-order valence-corrected chi connectivity index (χ0v) is 9.19. The fraction of sp³-hybridized carbons (Fsp3) is 0.700. The lowest BCUT2D eigenvalue weighted by atomic mass is 10.0. The summed E-state index contributed by atoms with van der Waals surface area (Å²) in [5, 5.41) is 13.0. The molecule has 0 fully saturated rings. The summed E-state index contributed by atoms with van der Waals surface area (Å²) in [5.74, 6) is 0.762. The smallest absolute Gasteiger partial charge is 0.180 e. The van der Waals surface area contributed by atoms with Crippen LogP contribution in [-0.4, -0.2) is 36.0 Å². The van der Waals surface area contributed by atoms with Crippen LogP contribution >= 0.6 is 0 Å². The molecule has 0 radical (unpaired) electrons. The largest absolute Gasteiger partial charge is 0.447 e. The van der Waals surface area contributed by atoms with Gasteiger partial charge in [0.15, 0.2) is 6.39 Å². The summed E-state index contributed by atoms with van der Waals surface area (Å²) >= 11 is 0. The molecule has 0 aliphatic heterocycles. The summed E-state index contributed by atoms with van der Waals surface area (Å²) in [6.07, 6.45) is 3.64. The monoisotopic (exact) mass is 214 g/mol. The maximum Gasteiger partial charge on any atom is 0.180 e. The molecular weight excluding hydrogens is 196 g/mol. The third-order valence-corrected chi connectivity index (χ3v) is 2.13. The third-order valence-electron chi connectivity index (χ3n) is 2.13. The number of nitrogens with one attached hydrogen (secondary N) is 1. The van der Waals surface area contributed by atoms with E-state index in [1.165, 1.54) is 6.39 Å². The van der Waals surface area contributed by atoms with Crippen LogP contribution in [0.4, 0.5) is 0 Å². The number of methoxy groups -OCH3 is 1. The van der Waals surface area contributed by atoms with E-state index in [9.17, 15) is 5.11 Å². The highest BCUT2D eigenvalue weighted by atomic mass is 16.5. The summed E-state index contributed by atoms with van der Waals surface area (Å²) in [6.45, 7) is 3.40. The molecule has 15 heavy (non-hydrogen) atoms. The van der Waals surface area contributed by atoms with Crippen LogP contribution in [0.15, 0.2) is 17.0 Å². The molecule has 86 valence electrons. The summed E-state index contributed by atoms with van der Waals surface area (Å²) in [5.41, 5.74) is -0.754. The van der Waals surface area contributed by atoms with Gasteiger partial charge in [0, 0.05) is 26.7 Å². The maximum atomic E-state index is 9.89. The fourth-order valence-corrected chi connectivity index (χ4v) is 1.19. The van der Waals surface area contributed by atoms with Gasteiger partial charge in [-0.3, -0.25) is 0 Å². The zero-order valence-electron chi connectivity index (χ0n) is 9.19. The number of rotatable bonds is 7. The number of ether oxygens (including phenoxy) is 1. The Labute approximate surface area is 89.5 Å². The third kappa shape index (κ3) is 4.92. The Balaban J connectivity index is 2.18. The Morgan fingerprint density at radius 2 is 2.47 bits per heavy atom. The molecule has 0 aliphatic rings. The molecule has 1 rings (SSSR count). The van der Waals surface area contributed by atoms with E-state index in [1.54, 1.807) is 20.2 Å². The summed E-state index contributed by atoms with van der Waals surface area (Å²) in [6, 6.07) is 0. The van der Waals surface area contributed by atoms with Crippen molar-refractivity contribution >= 4 is 0 Å². The molecule has 0 bridgehead atoms. The van der Waals surface area contributed by atoms with Crippen molar-refractivity contribution in [3.8, 4) is 0 Å². The molecule has 0 saturated heterocycles. The lowest BCUT2D eigenvalue weighted by molar-refractivity contribution is 0.0244. The number of hydrogen-bond acceptors (Lipinski definition) is 5. The van der Waals surface area contributed by atoms with Crippen molar-refractivity contribution in [2.75, 3.05) is 20.3 Å². The van der Waals surface area contributed by atoms with E-state index in [-0.39, 0.29) is 0 Å². The second-order valence-electron chi connectivity index (χ2n) is 3.81. The zero-order chi connectivity index (χ0) is 11.1. The van der Waals surface area contributed by atoms with E-state index in [1.807, 2.05) is 0 Å². The van der Waals surface area contributed by atoms with Crippen LogP contribution < -0.4 is 5.32 Å². The van der Waals surface area contributed by atoms with Gasteiger partial charge in [-0.1, -0.05) is 0 Å². The Hall–Kier alpha value is -0.910. The Kier molecular flexibility index (Phi) is 4.74. The van der Waals surface area contributed by atoms with Crippen molar-refractivity contribution < 1.29 is 14.3 Å². The van der Waals surface area contributed by atoms with Crippen LogP contribution in [0, 0.1) is 0 Å². The highest BCUT2D eigenvalue weighted by Crippen LogP contribution is 2.07. The molecule has 1 atom stereocenters. The molecule has 0 aliphatic carbocycles. The Bertz CT molecular complexity index is 260. The Morgan fingerprint density at radius 3 is 3.07 bits per heavy atom. The van der Waals surface area contributed by atoms with Gasteiger partial charge in [-0.2, -0.15) is 0 Å². The van der Waals surface area contributed by atoms with Crippen molar-refractivity contribution in [2.24, 2.45) is 0 Å². The van der Waals surface area contributed by atoms with Crippen molar-refractivity contribution in [1.29, 1.82) is 0 Å². The van der Waals surface area contributed by atoms with Crippen LogP contribution in [0.5, 0.6) is 0 Å². The van der Waals surface area contributed by atoms with Gasteiger partial charge in [0.1, 0.15) is 5.76 Å². The lowest BCUT2D eigenvalue weighted by Crippen LogP contribution is -2.38. The predicted octanol–water partition coefficient (Wildman–Crippen LogP) is 0.552. The first-order chi connectivity index (χ1) is 7.14. The molecule has 1 unspecified atom stereocenters.